The fourth-order valence-corrected chi connectivity index (χ4v) is 3.46. The summed E-state index contributed by atoms with van der Waals surface area (Å²) in [6, 6.07) is 6.42. The molecule has 1 aromatic carbocycles. The summed E-state index contributed by atoms with van der Waals surface area (Å²) in [5.41, 5.74) is 3.62. The van der Waals surface area contributed by atoms with Crippen molar-refractivity contribution in [2.45, 2.75) is 64.5 Å². The van der Waals surface area contributed by atoms with E-state index < -0.39 is 0 Å². The van der Waals surface area contributed by atoms with Gasteiger partial charge in [-0.15, -0.1) is 0 Å². The molecule has 0 unspecified atom stereocenters. The van der Waals surface area contributed by atoms with E-state index in [1.807, 2.05) is 0 Å². The minimum atomic E-state index is -0.342. The summed E-state index contributed by atoms with van der Waals surface area (Å²) in [5.74, 6) is 0.962. The molecule has 1 amide bonds. The molecule has 0 spiro atoms. The van der Waals surface area contributed by atoms with Crippen LogP contribution in [0.25, 0.3) is 0 Å². The Labute approximate surface area is 133 Å². The molecule has 3 heteroatoms. The average molecular weight is 300 g/mol. The Bertz CT molecular complexity index is 542. The van der Waals surface area contributed by atoms with Crippen molar-refractivity contribution in [1.82, 2.24) is 10.6 Å². The van der Waals surface area contributed by atoms with Crippen LogP contribution in [0.15, 0.2) is 18.2 Å². The Hall–Kier alpha value is -1.35. The van der Waals surface area contributed by atoms with Crippen LogP contribution >= 0.6 is 0 Å². The smallest absolute Gasteiger partial charge is 0.240 e. The summed E-state index contributed by atoms with van der Waals surface area (Å²) in [6.07, 6.45) is 6.79. The molecule has 0 aromatic heterocycles. The summed E-state index contributed by atoms with van der Waals surface area (Å²) < 4.78 is 0. The Balaban J connectivity index is 1.65. The Morgan fingerprint density at radius 2 is 1.95 bits per heavy atom. The van der Waals surface area contributed by atoms with Crippen molar-refractivity contribution in [1.29, 1.82) is 0 Å². The summed E-state index contributed by atoms with van der Waals surface area (Å²) >= 11 is 0. The number of benzene rings is 1. The highest BCUT2D eigenvalue weighted by atomic mass is 16.2. The van der Waals surface area contributed by atoms with Gasteiger partial charge in [0.25, 0.3) is 0 Å². The van der Waals surface area contributed by atoms with Gasteiger partial charge < -0.3 is 5.32 Å². The predicted octanol–water partition coefficient (Wildman–Crippen LogP) is 3.23. The first-order chi connectivity index (χ1) is 10.6. The maximum atomic E-state index is 12.7. The van der Waals surface area contributed by atoms with Gasteiger partial charge in [-0.05, 0) is 62.1 Å². The summed E-state index contributed by atoms with van der Waals surface area (Å²) in [5, 5.41) is 6.80. The van der Waals surface area contributed by atoms with E-state index in [-0.39, 0.29) is 11.4 Å². The van der Waals surface area contributed by atoms with E-state index in [0.29, 0.717) is 0 Å². The molecule has 2 saturated carbocycles. The summed E-state index contributed by atoms with van der Waals surface area (Å²) in [4.78, 5) is 12.7. The monoisotopic (exact) mass is 300 g/mol. The van der Waals surface area contributed by atoms with E-state index in [2.05, 4.69) is 42.7 Å². The number of hydrogen-bond donors (Lipinski definition) is 2. The van der Waals surface area contributed by atoms with E-state index in [9.17, 15) is 4.79 Å². The average Bonchev–Trinajstić information content (AvgIpc) is 3.22. The van der Waals surface area contributed by atoms with Crippen LogP contribution in [0.5, 0.6) is 0 Å². The van der Waals surface area contributed by atoms with Crippen LogP contribution in [0.2, 0.25) is 0 Å². The highest BCUT2D eigenvalue weighted by Crippen LogP contribution is 2.32. The lowest BCUT2D eigenvalue weighted by Gasteiger charge is -2.29. The third-order valence-electron chi connectivity index (χ3n) is 5.47. The van der Waals surface area contributed by atoms with Crippen molar-refractivity contribution in [3.63, 3.8) is 0 Å². The number of aryl methyl sites for hydroxylation is 1. The molecule has 0 heterocycles. The maximum absolute atomic E-state index is 12.7. The van der Waals surface area contributed by atoms with Crippen LogP contribution in [0.4, 0.5) is 0 Å². The first-order valence-corrected chi connectivity index (χ1v) is 8.69. The second-order valence-corrected chi connectivity index (χ2v) is 7.16. The third kappa shape index (κ3) is 3.35. The van der Waals surface area contributed by atoms with Crippen molar-refractivity contribution in [2.24, 2.45) is 5.92 Å². The molecule has 2 fully saturated rings. The molecule has 2 aliphatic rings. The van der Waals surface area contributed by atoms with Gasteiger partial charge in [-0.3, -0.25) is 10.1 Å². The van der Waals surface area contributed by atoms with Gasteiger partial charge in [0.1, 0.15) is 0 Å². The zero-order chi connectivity index (χ0) is 15.6. The number of rotatable bonds is 6. The number of nitrogens with one attached hydrogen (secondary N) is 2. The van der Waals surface area contributed by atoms with Crippen LogP contribution < -0.4 is 10.6 Å². The van der Waals surface area contributed by atoms with E-state index in [4.69, 9.17) is 0 Å². The standard InChI is InChI=1S/C19H28N2O/c1-14-6-5-7-17(15(14)2)13-21-19(10-3-4-11-19)18(22)20-12-16-8-9-16/h5-7,16,21H,3-4,8-13H2,1-2H3,(H,20,22). The zero-order valence-corrected chi connectivity index (χ0v) is 13.9. The fourth-order valence-electron chi connectivity index (χ4n) is 3.46. The second-order valence-electron chi connectivity index (χ2n) is 7.16. The van der Waals surface area contributed by atoms with Gasteiger partial charge in [-0.25, -0.2) is 0 Å². The lowest BCUT2D eigenvalue weighted by molar-refractivity contribution is -0.127. The van der Waals surface area contributed by atoms with Crippen molar-refractivity contribution >= 4 is 5.91 Å². The molecule has 0 radical (unpaired) electrons. The van der Waals surface area contributed by atoms with E-state index >= 15 is 0 Å². The Kier molecular flexibility index (Phi) is 4.53. The number of carbonyl (C=O) groups is 1. The fraction of sp³-hybridized carbons (Fsp3) is 0.632. The first-order valence-electron chi connectivity index (χ1n) is 8.69. The molecule has 120 valence electrons. The quantitative estimate of drug-likeness (QED) is 0.847. The molecule has 0 aliphatic heterocycles. The lowest BCUT2D eigenvalue weighted by Crippen LogP contribution is -2.55. The number of amides is 1. The summed E-state index contributed by atoms with van der Waals surface area (Å²) in [6.45, 7) is 5.96. The second kappa shape index (κ2) is 6.41. The zero-order valence-electron chi connectivity index (χ0n) is 13.9. The largest absolute Gasteiger partial charge is 0.354 e. The van der Waals surface area contributed by atoms with Gasteiger partial charge >= 0.3 is 0 Å². The van der Waals surface area contributed by atoms with Gasteiger partial charge in [0.2, 0.25) is 5.91 Å². The van der Waals surface area contributed by atoms with Gasteiger partial charge in [0.15, 0.2) is 0 Å². The number of hydrogen-bond acceptors (Lipinski definition) is 2. The molecule has 1 aromatic rings. The van der Waals surface area contributed by atoms with Crippen molar-refractivity contribution in [2.75, 3.05) is 6.54 Å². The van der Waals surface area contributed by atoms with Gasteiger partial charge in [-0.1, -0.05) is 31.0 Å². The normalized spacial score (nSPS) is 20.1. The minimum absolute atomic E-state index is 0.224. The van der Waals surface area contributed by atoms with Gasteiger partial charge in [-0.2, -0.15) is 0 Å². The topological polar surface area (TPSA) is 41.1 Å². The van der Waals surface area contributed by atoms with Crippen molar-refractivity contribution in [3.8, 4) is 0 Å². The summed E-state index contributed by atoms with van der Waals surface area (Å²) in [7, 11) is 0. The maximum Gasteiger partial charge on any atom is 0.240 e. The molecule has 2 N–H and O–H groups in total. The lowest BCUT2D eigenvalue weighted by atomic mass is 9.94. The van der Waals surface area contributed by atoms with Gasteiger partial charge in [0, 0.05) is 13.1 Å². The van der Waals surface area contributed by atoms with Crippen LogP contribution in [-0.4, -0.2) is 18.0 Å². The van der Waals surface area contributed by atoms with Crippen molar-refractivity contribution in [3.05, 3.63) is 34.9 Å². The third-order valence-corrected chi connectivity index (χ3v) is 5.47. The highest BCUT2D eigenvalue weighted by molar-refractivity contribution is 5.86. The predicted molar refractivity (Wildman–Crippen MR) is 89.7 cm³/mol. The highest BCUT2D eigenvalue weighted by Gasteiger charge is 2.41. The Morgan fingerprint density at radius 3 is 2.64 bits per heavy atom. The molecular formula is C19H28N2O. The molecule has 0 saturated heterocycles. The number of carbonyl (C=O) groups excluding carboxylic acids is 1. The Morgan fingerprint density at radius 1 is 1.23 bits per heavy atom. The van der Waals surface area contributed by atoms with Crippen molar-refractivity contribution < 1.29 is 4.79 Å². The molecule has 0 bridgehead atoms. The minimum Gasteiger partial charge on any atom is -0.354 e. The molecule has 2 aliphatic carbocycles. The molecular weight excluding hydrogens is 272 g/mol. The van der Waals surface area contributed by atoms with E-state index in [1.165, 1.54) is 29.5 Å². The van der Waals surface area contributed by atoms with E-state index in [1.54, 1.807) is 0 Å². The SMILES string of the molecule is Cc1cccc(CNC2(C(=O)NCC3CC3)CCCC2)c1C. The van der Waals surface area contributed by atoms with Crippen LogP contribution in [0, 0.1) is 19.8 Å². The molecule has 3 nitrogen and oxygen atoms in total. The van der Waals surface area contributed by atoms with Crippen LogP contribution in [-0.2, 0) is 11.3 Å². The van der Waals surface area contributed by atoms with E-state index in [0.717, 1.165) is 44.7 Å². The van der Waals surface area contributed by atoms with Gasteiger partial charge in [0.05, 0.1) is 5.54 Å². The molecule has 3 rings (SSSR count). The first kappa shape index (κ1) is 15.5. The molecule has 22 heavy (non-hydrogen) atoms. The van der Waals surface area contributed by atoms with Crippen LogP contribution in [0.3, 0.4) is 0 Å². The van der Waals surface area contributed by atoms with Crippen LogP contribution in [0.1, 0.15) is 55.2 Å². The molecule has 0 atom stereocenters.